The topological polar surface area (TPSA) is 144 Å². The van der Waals surface area contributed by atoms with E-state index in [1.165, 1.54) is 12.1 Å². The second-order valence-corrected chi connectivity index (χ2v) is 6.97. The molecule has 9 nitrogen and oxygen atoms in total. The van der Waals surface area contributed by atoms with Gasteiger partial charge in [-0.2, -0.15) is 0 Å². The summed E-state index contributed by atoms with van der Waals surface area (Å²) in [5.74, 6) is -1.29. The van der Waals surface area contributed by atoms with Gasteiger partial charge < -0.3 is 16.4 Å². The zero-order valence-electron chi connectivity index (χ0n) is 15.4. The molecule has 0 aliphatic heterocycles. The third kappa shape index (κ3) is 7.26. The molecule has 4 N–H and O–H groups in total. The van der Waals surface area contributed by atoms with Gasteiger partial charge in [-0.05, 0) is 17.7 Å². The molecule has 0 unspecified atom stereocenters. The van der Waals surface area contributed by atoms with Gasteiger partial charge in [0.05, 0.1) is 22.0 Å². The Morgan fingerprint density at radius 3 is 2.28 bits per heavy atom. The van der Waals surface area contributed by atoms with E-state index in [4.69, 9.17) is 5.73 Å². The number of benzene rings is 2. The van der Waals surface area contributed by atoms with Gasteiger partial charge in [-0.25, -0.2) is 0 Å². The maximum absolute atomic E-state index is 11.9. The lowest BCUT2D eigenvalue weighted by Crippen LogP contribution is -2.36. The van der Waals surface area contributed by atoms with Crippen LogP contribution in [-0.2, 0) is 16.0 Å². The van der Waals surface area contributed by atoms with Crippen LogP contribution in [0.3, 0.4) is 0 Å². The van der Waals surface area contributed by atoms with E-state index in [-0.39, 0.29) is 53.2 Å². The third-order valence-electron chi connectivity index (χ3n) is 3.78. The molecule has 0 aromatic heterocycles. The Hall–Kier alpha value is -3.40. The number of rotatable bonds is 10. The van der Waals surface area contributed by atoms with Crippen LogP contribution in [0.5, 0.6) is 0 Å². The highest BCUT2D eigenvalue weighted by atomic mass is 32.2. The van der Waals surface area contributed by atoms with E-state index in [1.54, 1.807) is 0 Å². The van der Waals surface area contributed by atoms with E-state index < -0.39 is 10.8 Å². The minimum Gasteiger partial charge on any atom is -0.366 e. The van der Waals surface area contributed by atoms with Crippen molar-refractivity contribution in [3.8, 4) is 0 Å². The molecule has 2 aromatic carbocycles. The number of hydrogen-bond donors (Lipinski definition) is 3. The summed E-state index contributed by atoms with van der Waals surface area (Å²) in [5.41, 5.74) is 5.76. The molecule has 10 heteroatoms. The van der Waals surface area contributed by atoms with Crippen LogP contribution in [0.4, 0.5) is 5.69 Å². The lowest BCUT2D eigenvalue weighted by atomic mass is 10.1. The predicted molar refractivity (Wildman–Crippen MR) is 109 cm³/mol. The first-order valence-corrected chi connectivity index (χ1v) is 9.63. The van der Waals surface area contributed by atoms with Crippen LogP contribution in [0, 0.1) is 10.1 Å². The second kappa shape index (κ2) is 10.8. The molecule has 0 radical (unpaired) electrons. The van der Waals surface area contributed by atoms with Gasteiger partial charge in [0.15, 0.2) is 0 Å². The standard InChI is InChI=1S/C19H20N4O5S/c20-19(26)14-6-7-16(15(11-14)23(27)28)29-12-18(25)22-9-8-21-17(24)10-13-4-2-1-3-5-13/h1-7,11H,8-10,12H2,(H2,20,26)(H,21,24)(H,22,25). The number of carbonyl (C=O) groups excluding carboxylic acids is 3. The van der Waals surface area contributed by atoms with Gasteiger partial charge in [-0.1, -0.05) is 30.3 Å². The van der Waals surface area contributed by atoms with Crippen LogP contribution in [-0.4, -0.2) is 41.5 Å². The van der Waals surface area contributed by atoms with Crippen molar-refractivity contribution in [1.82, 2.24) is 10.6 Å². The highest BCUT2D eigenvalue weighted by Crippen LogP contribution is 2.29. The zero-order valence-corrected chi connectivity index (χ0v) is 16.2. The number of nitrogens with zero attached hydrogens (tertiary/aromatic N) is 1. The molecular weight excluding hydrogens is 396 g/mol. The fraction of sp³-hybridized carbons (Fsp3) is 0.211. The van der Waals surface area contributed by atoms with Gasteiger partial charge in [0.2, 0.25) is 17.7 Å². The number of nitrogens with two attached hydrogens (primary N) is 1. The van der Waals surface area contributed by atoms with Crippen LogP contribution < -0.4 is 16.4 Å². The lowest BCUT2D eigenvalue weighted by molar-refractivity contribution is -0.387. The molecule has 29 heavy (non-hydrogen) atoms. The molecule has 0 spiro atoms. The highest BCUT2D eigenvalue weighted by molar-refractivity contribution is 8.00. The minimum absolute atomic E-state index is 0.0248. The average Bonchev–Trinajstić information content (AvgIpc) is 2.70. The van der Waals surface area contributed by atoms with Crippen molar-refractivity contribution in [2.24, 2.45) is 5.73 Å². The molecule has 0 aliphatic carbocycles. The number of nitrogens with one attached hydrogen (secondary N) is 2. The quantitative estimate of drug-likeness (QED) is 0.230. The number of hydrogen-bond acceptors (Lipinski definition) is 6. The number of thioether (sulfide) groups is 1. The Labute approximate surface area is 171 Å². The van der Waals surface area contributed by atoms with E-state index in [1.807, 2.05) is 30.3 Å². The van der Waals surface area contributed by atoms with Crippen molar-refractivity contribution in [3.05, 3.63) is 69.8 Å². The van der Waals surface area contributed by atoms with Crippen molar-refractivity contribution >= 4 is 35.2 Å². The molecule has 0 aliphatic rings. The van der Waals surface area contributed by atoms with Crippen molar-refractivity contribution < 1.29 is 19.3 Å². The van der Waals surface area contributed by atoms with Crippen LogP contribution in [0.2, 0.25) is 0 Å². The van der Waals surface area contributed by atoms with E-state index in [0.717, 1.165) is 23.4 Å². The Bertz CT molecular complexity index is 905. The Balaban J connectivity index is 1.74. The van der Waals surface area contributed by atoms with Gasteiger partial charge in [0.1, 0.15) is 0 Å². The molecule has 3 amide bonds. The maximum atomic E-state index is 11.9. The molecule has 2 aromatic rings. The van der Waals surface area contributed by atoms with Gasteiger partial charge >= 0.3 is 0 Å². The summed E-state index contributed by atoms with van der Waals surface area (Å²) >= 11 is 0.977. The van der Waals surface area contributed by atoms with Crippen molar-refractivity contribution in [1.29, 1.82) is 0 Å². The molecule has 2 rings (SSSR count). The zero-order chi connectivity index (χ0) is 21.2. The number of carbonyl (C=O) groups is 3. The summed E-state index contributed by atoms with van der Waals surface area (Å²) in [6.45, 7) is 0.512. The largest absolute Gasteiger partial charge is 0.366 e. The normalized spacial score (nSPS) is 10.2. The van der Waals surface area contributed by atoms with Crippen LogP contribution >= 0.6 is 11.8 Å². The Morgan fingerprint density at radius 2 is 1.66 bits per heavy atom. The fourth-order valence-electron chi connectivity index (χ4n) is 2.38. The molecule has 0 atom stereocenters. The summed E-state index contributed by atoms with van der Waals surface area (Å²) in [6.07, 6.45) is 0.260. The summed E-state index contributed by atoms with van der Waals surface area (Å²) in [4.78, 5) is 45.7. The third-order valence-corrected chi connectivity index (χ3v) is 4.84. The number of amides is 3. The van der Waals surface area contributed by atoms with Crippen LogP contribution in [0.25, 0.3) is 0 Å². The Morgan fingerprint density at radius 1 is 1.00 bits per heavy atom. The first-order chi connectivity index (χ1) is 13.9. The van der Waals surface area contributed by atoms with Crippen LogP contribution in [0.1, 0.15) is 15.9 Å². The van der Waals surface area contributed by atoms with Gasteiger partial charge in [0, 0.05) is 24.7 Å². The molecular formula is C19H20N4O5S. The average molecular weight is 416 g/mol. The van der Waals surface area contributed by atoms with Gasteiger partial charge in [0.25, 0.3) is 5.69 Å². The summed E-state index contributed by atoms with van der Waals surface area (Å²) < 4.78 is 0. The smallest absolute Gasteiger partial charge is 0.283 e. The summed E-state index contributed by atoms with van der Waals surface area (Å²) in [5, 5.41) is 16.5. The van der Waals surface area contributed by atoms with Crippen LogP contribution in [0.15, 0.2) is 53.4 Å². The number of nitro benzene ring substituents is 1. The van der Waals surface area contributed by atoms with Gasteiger partial charge in [-0.3, -0.25) is 24.5 Å². The number of primary amides is 1. The lowest BCUT2D eigenvalue weighted by Gasteiger charge is -2.08. The van der Waals surface area contributed by atoms with E-state index >= 15 is 0 Å². The Kier molecular flexibility index (Phi) is 8.16. The van der Waals surface area contributed by atoms with Gasteiger partial charge in [-0.15, -0.1) is 11.8 Å². The molecule has 0 bridgehead atoms. The molecule has 0 fully saturated rings. The molecule has 152 valence electrons. The number of nitro groups is 1. The first kappa shape index (κ1) is 21.9. The van der Waals surface area contributed by atoms with Crippen molar-refractivity contribution in [3.63, 3.8) is 0 Å². The second-order valence-electron chi connectivity index (χ2n) is 5.95. The molecule has 0 saturated heterocycles. The van der Waals surface area contributed by atoms with E-state index in [2.05, 4.69) is 10.6 Å². The maximum Gasteiger partial charge on any atom is 0.283 e. The molecule has 0 heterocycles. The summed E-state index contributed by atoms with van der Waals surface area (Å²) in [7, 11) is 0. The predicted octanol–water partition coefficient (Wildman–Crippen LogP) is 1.26. The minimum atomic E-state index is -0.767. The van der Waals surface area contributed by atoms with Crippen molar-refractivity contribution in [2.75, 3.05) is 18.8 Å². The van der Waals surface area contributed by atoms with E-state index in [9.17, 15) is 24.5 Å². The highest BCUT2D eigenvalue weighted by Gasteiger charge is 2.18. The fourth-order valence-corrected chi connectivity index (χ4v) is 3.21. The monoisotopic (exact) mass is 416 g/mol. The van der Waals surface area contributed by atoms with Crippen molar-refractivity contribution in [2.45, 2.75) is 11.3 Å². The SMILES string of the molecule is NC(=O)c1ccc(SCC(=O)NCCNC(=O)Cc2ccccc2)c([N+](=O)[O-])c1. The van der Waals surface area contributed by atoms with E-state index in [0.29, 0.717) is 0 Å². The first-order valence-electron chi connectivity index (χ1n) is 8.65. The molecule has 0 saturated carbocycles. The summed E-state index contributed by atoms with van der Waals surface area (Å²) in [6, 6.07) is 13.1.